The highest BCUT2D eigenvalue weighted by molar-refractivity contribution is 7.98. The molecule has 0 bridgehead atoms. The Kier molecular flexibility index (Phi) is 4.85. The molecule has 0 aromatic heterocycles. The molecule has 0 atom stereocenters. The first kappa shape index (κ1) is 13.2. The normalized spacial score (nSPS) is 10.8. The van der Waals surface area contributed by atoms with Crippen molar-refractivity contribution in [3.8, 4) is 0 Å². The van der Waals surface area contributed by atoms with Crippen molar-refractivity contribution in [1.29, 1.82) is 0 Å². The van der Waals surface area contributed by atoms with Crippen LogP contribution < -0.4 is 0 Å². The maximum absolute atomic E-state index is 2.22. The molecule has 18 heavy (non-hydrogen) atoms. The standard InChI is InChI=1S/C16H19NS/c1-17(2)12-15-10-6-7-11-16(15)18-13-14-8-4-3-5-9-14/h3-11H,12-13H2,1-2H3. The molecule has 0 heterocycles. The zero-order valence-electron chi connectivity index (χ0n) is 11.0. The van der Waals surface area contributed by atoms with Crippen LogP contribution in [0.4, 0.5) is 0 Å². The van der Waals surface area contributed by atoms with Crippen LogP contribution in [-0.4, -0.2) is 19.0 Å². The minimum absolute atomic E-state index is 0.998. The Labute approximate surface area is 114 Å². The quantitative estimate of drug-likeness (QED) is 0.744. The molecule has 94 valence electrons. The summed E-state index contributed by atoms with van der Waals surface area (Å²) in [6, 6.07) is 19.3. The molecule has 0 saturated carbocycles. The molecule has 0 unspecified atom stereocenters. The van der Waals surface area contributed by atoms with Gasteiger partial charge in [0.1, 0.15) is 0 Å². The third-order valence-corrected chi connectivity index (χ3v) is 3.88. The van der Waals surface area contributed by atoms with Crippen molar-refractivity contribution in [2.24, 2.45) is 0 Å². The van der Waals surface area contributed by atoms with E-state index in [0.717, 1.165) is 12.3 Å². The summed E-state index contributed by atoms with van der Waals surface area (Å²) in [6.07, 6.45) is 0. The van der Waals surface area contributed by atoms with Crippen LogP contribution in [0.15, 0.2) is 59.5 Å². The molecule has 2 heteroatoms. The van der Waals surface area contributed by atoms with Crippen LogP contribution in [0.5, 0.6) is 0 Å². The van der Waals surface area contributed by atoms with E-state index in [1.54, 1.807) is 0 Å². The number of thioether (sulfide) groups is 1. The van der Waals surface area contributed by atoms with Crippen LogP contribution in [0.2, 0.25) is 0 Å². The van der Waals surface area contributed by atoms with Gasteiger partial charge >= 0.3 is 0 Å². The predicted octanol–water partition coefficient (Wildman–Crippen LogP) is 4.04. The summed E-state index contributed by atoms with van der Waals surface area (Å²) in [5, 5.41) is 0. The molecular weight excluding hydrogens is 238 g/mol. The molecular formula is C16H19NS. The smallest absolute Gasteiger partial charge is 0.0238 e. The van der Waals surface area contributed by atoms with Crippen LogP contribution in [-0.2, 0) is 12.3 Å². The van der Waals surface area contributed by atoms with Crippen LogP contribution in [0, 0.1) is 0 Å². The number of hydrogen-bond acceptors (Lipinski definition) is 2. The van der Waals surface area contributed by atoms with Crippen molar-refractivity contribution in [2.45, 2.75) is 17.2 Å². The maximum Gasteiger partial charge on any atom is 0.0238 e. The van der Waals surface area contributed by atoms with Crippen molar-refractivity contribution in [3.05, 3.63) is 65.7 Å². The van der Waals surface area contributed by atoms with Gasteiger partial charge in [-0.2, -0.15) is 0 Å². The van der Waals surface area contributed by atoms with E-state index in [9.17, 15) is 0 Å². The van der Waals surface area contributed by atoms with E-state index in [4.69, 9.17) is 0 Å². The molecule has 0 radical (unpaired) electrons. The Bertz CT molecular complexity index is 479. The maximum atomic E-state index is 2.22. The third-order valence-electron chi connectivity index (χ3n) is 2.70. The van der Waals surface area contributed by atoms with E-state index in [1.165, 1.54) is 16.0 Å². The van der Waals surface area contributed by atoms with Gasteiger partial charge in [-0.05, 0) is 31.3 Å². The molecule has 2 aromatic rings. The molecule has 0 aliphatic rings. The Balaban J connectivity index is 2.05. The highest BCUT2D eigenvalue weighted by Gasteiger charge is 2.03. The van der Waals surface area contributed by atoms with Gasteiger partial charge in [0.15, 0.2) is 0 Å². The van der Waals surface area contributed by atoms with E-state index in [-0.39, 0.29) is 0 Å². The molecule has 2 aromatic carbocycles. The molecule has 0 saturated heterocycles. The lowest BCUT2D eigenvalue weighted by molar-refractivity contribution is 0.399. The van der Waals surface area contributed by atoms with Gasteiger partial charge in [-0.15, -0.1) is 11.8 Å². The first-order valence-corrected chi connectivity index (χ1v) is 7.13. The van der Waals surface area contributed by atoms with Crippen molar-refractivity contribution in [1.82, 2.24) is 4.90 Å². The van der Waals surface area contributed by atoms with Crippen molar-refractivity contribution in [2.75, 3.05) is 14.1 Å². The second-order valence-corrected chi connectivity index (χ2v) is 5.64. The second kappa shape index (κ2) is 6.62. The van der Waals surface area contributed by atoms with Gasteiger partial charge in [0.2, 0.25) is 0 Å². The number of hydrogen-bond donors (Lipinski definition) is 0. The summed E-state index contributed by atoms with van der Waals surface area (Å²) in [7, 11) is 4.22. The Morgan fingerprint density at radius 3 is 2.28 bits per heavy atom. The van der Waals surface area contributed by atoms with Crippen LogP contribution in [0.3, 0.4) is 0 Å². The van der Waals surface area contributed by atoms with Crippen LogP contribution >= 0.6 is 11.8 Å². The van der Waals surface area contributed by atoms with E-state index in [2.05, 4.69) is 73.6 Å². The van der Waals surface area contributed by atoms with Crippen LogP contribution in [0.1, 0.15) is 11.1 Å². The van der Waals surface area contributed by atoms with E-state index >= 15 is 0 Å². The zero-order valence-corrected chi connectivity index (χ0v) is 11.8. The van der Waals surface area contributed by atoms with E-state index < -0.39 is 0 Å². The van der Waals surface area contributed by atoms with Gasteiger partial charge in [0.05, 0.1) is 0 Å². The van der Waals surface area contributed by atoms with Gasteiger partial charge in [0, 0.05) is 17.2 Å². The van der Waals surface area contributed by atoms with Gasteiger partial charge in [-0.25, -0.2) is 0 Å². The van der Waals surface area contributed by atoms with Gasteiger partial charge < -0.3 is 4.90 Å². The number of rotatable bonds is 5. The Morgan fingerprint density at radius 1 is 0.889 bits per heavy atom. The second-order valence-electron chi connectivity index (χ2n) is 4.62. The van der Waals surface area contributed by atoms with Crippen LogP contribution in [0.25, 0.3) is 0 Å². The highest BCUT2D eigenvalue weighted by Crippen LogP contribution is 2.26. The molecule has 0 amide bonds. The summed E-state index contributed by atoms with van der Waals surface area (Å²) >= 11 is 1.92. The fraction of sp³-hybridized carbons (Fsp3) is 0.250. The third kappa shape index (κ3) is 3.90. The fourth-order valence-corrected chi connectivity index (χ4v) is 2.86. The first-order chi connectivity index (χ1) is 8.75. The summed E-state index contributed by atoms with van der Waals surface area (Å²) in [4.78, 5) is 3.59. The molecule has 0 N–H and O–H groups in total. The van der Waals surface area contributed by atoms with Crippen molar-refractivity contribution < 1.29 is 0 Å². The van der Waals surface area contributed by atoms with Gasteiger partial charge in [-0.1, -0.05) is 48.5 Å². The largest absolute Gasteiger partial charge is 0.305 e. The average Bonchev–Trinajstić information content (AvgIpc) is 2.38. The number of benzene rings is 2. The van der Waals surface area contributed by atoms with Gasteiger partial charge in [-0.3, -0.25) is 0 Å². The first-order valence-electron chi connectivity index (χ1n) is 6.15. The summed E-state index contributed by atoms with van der Waals surface area (Å²) in [5.41, 5.74) is 2.78. The van der Waals surface area contributed by atoms with Crippen molar-refractivity contribution in [3.63, 3.8) is 0 Å². The minimum atomic E-state index is 0.998. The lowest BCUT2D eigenvalue weighted by atomic mass is 10.2. The molecule has 0 fully saturated rings. The Hall–Kier alpha value is -1.25. The molecule has 0 aliphatic carbocycles. The van der Waals surface area contributed by atoms with Gasteiger partial charge in [0.25, 0.3) is 0 Å². The SMILES string of the molecule is CN(C)Cc1ccccc1SCc1ccccc1. The minimum Gasteiger partial charge on any atom is -0.305 e. The molecule has 1 nitrogen and oxygen atoms in total. The Morgan fingerprint density at radius 2 is 1.56 bits per heavy atom. The lowest BCUT2D eigenvalue weighted by Crippen LogP contribution is -2.11. The number of nitrogens with zero attached hydrogens (tertiary/aromatic N) is 1. The monoisotopic (exact) mass is 257 g/mol. The van der Waals surface area contributed by atoms with E-state index in [0.29, 0.717) is 0 Å². The summed E-state index contributed by atoms with van der Waals surface area (Å²) < 4.78 is 0. The molecule has 2 rings (SSSR count). The fourth-order valence-electron chi connectivity index (χ4n) is 1.85. The predicted molar refractivity (Wildman–Crippen MR) is 79.8 cm³/mol. The molecule has 0 spiro atoms. The zero-order chi connectivity index (χ0) is 12.8. The topological polar surface area (TPSA) is 3.24 Å². The summed E-state index contributed by atoms with van der Waals surface area (Å²) in [5.74, 6) is 1.03. The average molecular weight is 257 g/mol. The highest BCUT2D eigenvalue weighted by atomic mass is 32.2. The molecule has 0 aliphatic heterocycles. The lowest BCUT2D eigenvalue weighted by Gasteiger charge is -2.13. The van der Waals surface area contributed by atoms with Crippen molar-refractivity contribution >= 4 is 11.8 Å². The summed E-state index contributed by atoms with van der Waals surface area (Å²) in [6.45, 7) is 0.998. The van der Waals surface area contributed by atoms with E-state index in [1.807, 2.05) is 11.8 Å².